The summed E-state index contributed by atoms with van der Waals surface area (Å²) in [7, 11) is 0. The minimum atomic E-state index is 0.242. The van der Waals surface area contributed by atoms with Crippen LogP contribution in [0, 0.1) is 10.7 Å². The predicted molar refractivity (Wildman–Crippen MR) is 56.4 cm³/mol. The van der Waals surface area contributed by atoms with Crippen LogP contribution in [0.2, 0.25) is 0 Å². The first-order valence-corrected chi connectivity index (χ1v) is 5.58. The van der Waals surface area contributed by atoms with E-state index in [0.717, 1.165) is 5.92 Å². The third kappa shape index (κ3) is 0.932. The first-order valence-electron chi connectivity index (χ1n) is 5.17. The van der Waals surface area contributed by atoms with Crippen LogP contribution in [-0.4, -0.2) is 14.8 Å². The molecule has 1 heterocycles. The Hall–Kier alpha value is -0.840. The monoisotopic (exact) mass is 210 g/mol. The molecule has 2 fully saturated rings. The van der Waals surface area contributed by atoms with Gasteiger partial charge in [0.25, 0.3) is 0 Å². The van der Waals surface area contributed by atoms with Crippen molar-refractivity contribution in [2.24, 2.45) is 5.92 Å². The van der Waals surface area contributed by atoms with Crippen LogP contribution in [0.3, 0.4) is 0 Å². The fourth-order valence-corrected chi connectivity index (χ4v) is 3.31. The van der Waals surface area contributed by atoms with Gasteiger partial charge in [0, 0.05) is 0 Å². The minimum Gasteiger partial charge on any atom is -0.368 e. The van der Waals surface area contributed by atoms with Gasteiger partial charge in [-0.2, -0.15) is 0 Å². The Bertz CT molecular complexity index is 421. The van der Waals surface area contributed by atoms with E-state index in [-0.39, 0.29) is 5.54 Å². The molecule has 1 aromatic rings. The van der Waals surface area contributed by atoms with Gasteiger partial charge in [0.1, 0.15) is 0 Å². The Labute approximate surface area is 87.5 Å². The van der Waals surface area contributed by atoms with Crippen LogP contribution in [0.25, 0.3) is 0 Å². The SMILES string of the molecule is Nc1n[nH]c(=S)n1C12CCCCC1C2. The average Bonchev–Trinajstić information content (AvgIpc) is 2.81. The van der Waals surface area contributed by atoms with E-state index >= 15 is 0 Å². The second-order valence-corrected chi connectivity index (χ2v) is 4.86. The molecule has 5 heteroatoms. The molecular weight excluding hydrogens is 196 g/mol. The fraction of sp³-hybridized carbons (Fsp3) is 0.778. The van der Waals surface area contributed by atoms with Gasteiger partial charge < -0.3 is 5.73 Å². The van der Waals surface area contributed by atoms with Crippen molar-refractivity contribution < 1.29 is 0 Å². The van der Waals surface area contributed by atoms with Crippen LogP contribution in [0.4, 0.5) is 5.95 Å². The minimum absolute atomic E-state index is 0.242. The number of nitrogen functional groups attached to an aromatic ring is 1. The molecule has 2 saturated carbocycles. The van der Waals surface area contributed by atoms with E-state index in [1.807, 2.05) is 4.57 Å². The van der Waals surface area contributed by atoms with E-state index in [9.17, 15) is 0 Å². The third-order valence-electron chi connectivity index (χ3n) is 3.76. The van der Waals surface area contributed by atoms with Crippen molar-refractivity contribution in [1.29, 1.82) is 0 Å². The third-order valence-corrected chi connectivity index (χ3v) is 4.03. The summed E-state index contributed by atoms with van der Waals surface area (Å²) in [6.07, 6.45) is 6.44. The van der Waals surface area contributed by atoms with Crippen LogP contribution < -0.4 is 5.73 Å². The smallest absolute Gasteiger partial charge is 0.221 e. The number of rotatable bonds is 1. The van der Waals surface area contributed by atoms with Gasteiger partial charge in [-0.3, -0.25) is 4.57 Å². The number of nitrogens with two attached hydrogens (primary N) is 1. The second kappa shape index (κ2) is 2.59. The summed E-state index contributed by atoms with van der Waals surface area (Å²) in [5.41, 5.74) is 6.08. The van der Waals surface area contributed by atoms with Gasteiger partial charge in [0.15, 0.2) is 4.77 Å². The van der Waals surface area contributed by atoms with Crippen molar-refractivity contribution in [1.82, 2.24) is 14.8 Å². The van der Waals surface area contributed by atoms with Crippen LogP contribution >= 0.6 is 12.2 Å². The summed E-state index contributed by atoms with van der Waals surface area (Å²) in [6.45, 7) is 0. The number of aromatic amines is 1. The highest BCUT2D eigenvalue weighted by Gasteiger charge is 2.57. The van der Waals surface area contributed by atoms with E-state index < -0.39 is 0 Å². The molecule has 0 aliphatic heterocycles. The van der Waals surface area contributed by atoms with Gasteiger partial charge in [0.2, 0.25) is 5.95 Å². The largest absolute Gasteiger partial charge is 0.368 e. The number of fused-ring (bicyclic) bond motifs is 1. The Morgan fingerprint density at radius 1 is 1.57 bits per heavy atom. The van der Waals surface area contributed by atoms with Crippen molar-refractivity contribution in [3.05, 3.63) is 4.77 Å². The molecule has 2 atom stereocenters. The molecule has 0 bridgehead atoms. The Morgan fingerprint density at radius 2 is 2.43 bits per heavy atom. The lowest BCUT2D eigenvalue weighted by Crippen LogP contribution is -2.24. The molecule has 0 amide bonds. The van der Waals surface area contributed by atoms with Crippen LogP contribution in [-0.2, 0) is 5.54 Å². The zero-order chi connectivity index (χ0) is 9.76. The van der Waals surface area contributed by atoms with Crippen molar-refractivity contribution >= 4 is 18.2 Å². The number of nitrogens with zero attached hydrogens (tertiary/aromatic N) is 2. The molecule has 2 aliphatic carbocycles. The zero-order valence-electron chi connectivity index (χ0n) is 7.99. The molecule has 14 heavy (non-hydrogen) atoms. The Kier molecular flexibility index (Phi) is 1.57. The fourth-order valence-electron chi connectivity index (χ4n) is 2.99. The van der Waals surface area contributed by atoms with E-state index in [0.29, 0.717) is 10.7 Å². The number of H-pyrrole nitrogens is 1. The van der Waals surface area contributed by atoms with Crippen LogP contribution in [0.1, 0.15) is 32.1 Å². The van der Waals surface area contributed by atoms with Gasteiger partial charge in [-0.05, 0) is 37.4 Å². The highest BCUT2D eigenvalue weighted by Crippen LogP contribution is 2.59. The molecule has 2 aliphatic rings. The first-order chi connectivity index (χ1) is 6.74. The quantitative estimate of drug-likeness (QED) is 0.695. The number of hydrogen-bond donors (Lipinski definition) is 2. The van der Waals surface area contributed by atoms with Crippen LogP contribution in [0.15, 0.2) is 0 Å². The molecule has 3 rings (SSSR count). The van der Waals surface area contributed by atoms with Gasteiger partial charge in [0.05, 0.1) is 5.54 Å². The number of hydrogen-bond acceptors (Lipinski definition) is 3. The maximum Gasteiger partial charge on any atom is 0.221 e. The summed E-state index contributed by atoms with van der Waals surface area (Å²) >= 11 is 5.22. The predicted octanol–water partition coefficient (Wildman–Crippen LogP) is 1.81. The maximum atomic E-state index is 5.84. The molecule has 2 unspecified atom stereocenters. The first kappa shape index (κ1) is 8.47. The Balaban J connectivity index is 2.07. The lowest BCUT2D eigenvalue weighted by molar-refractivity contribution is 0.331. The molecule has 4 nitrogen and oxygen atoms in total. The molecule has 1 aromatic heterocycles. The molecule has 0 radical (unpaired) electrons. The van der Waals surface area contributed by atoms with E-state index in [1.165, 1.54) is 32.1 Å². The molecule has 3 N–H and O–H groups in total. The van der Waals surface area contributed by atoms with Crippen molar-refractivity contribution in [3.8, 4) is 0 Å². The molecule has 0 spiro atoms. The lowest BCUT2D eigenvalue weighted by Gasteiger charge is -2.23. The molecular formula is C9H14N4S. The lowest BCUT2D eigenvalue weighted by atomic mass is 9.95. The van der Waals surface area contributed by atoms with Gasteiger partial charge in [-0.15, -0.1) is 5.10 Å². The van der Waals surface area contributed by atoms with E-state index in [4.69, 9.17) is 18.0 Å². The Morgan fingerprint density at radius 3 is 3.07 bits per heavy atom. The summed E-state index contributed by atoms with van der Waals surface area (Å²) in [4.78, 5) is 0. The van der Waals surface area contributed by atoms with Crippen LogP contribution in [0.5, 0.6) is 0 Å². The number of nitrogens with one attached hydrogen (secondary N) is 1. The molecule has 0 saturated heterocycles. The van der Waals surface area contributed by atoms with Crippen molar-refractivity contribution in [2.75, 3.05) is 5.73 Å². The summed E-state index contributed by atoms with van der Waals surface area (Å²) in [5, 5.41) is 6.76. The van der Waals surface area contributed by atoms with Crippen molar-refractivity contribution in [3.63, 3.8) is 0 Å². The van der Waals surface area contributed by atoms with E-state index in [1.54, 1.807) is 0 Å². The van der Waals surface area contributed by atoms with Crippen molar-refractivity contribution in [2.45, 2.75) is 37.6 Å². The van der Waals surface area contributed by atoms with Gasteiger partial charge >= 0.3 is 0 Å². The summed E-state index contributed by atoms with van der Waals surface area (Å²) in [5.74, 6) is 1.35. The number of aromatic nitrogens is 3. The summed E-state index contributed by atoms with van der Waals surface area (Å²) < 4.78 is 2.73. The van der Waals surface area contributed by atoms with Gasteiger partial charge in [-0.25, -0.2) is 5.10 Å². The summed E-state index contributed by atoms with van der Waals surface area (Å²) in [6, 6.07) is 0. The molecule has 0 aromatic carbocycles. The number of anilines is 1. The van der Waals surface area contributed by atoms with E-state index in [2.05, 4.69) is 10.2 Å². The highest BCUT2D eigenvalue weighted by atomic mass is 32.1. The zero-order valence-corrected chi connectivity index (χ0v) is 8.81. The molecule has 76 valence electrons. The standard InChI is InChI=1S/C9H14N4S/c10-7-11-12-8(14)13(7)9-4-2-1-3-6(9)5-9/h6H,1-5H2,(H2,10,11)(H,12,14). The highest BCUT2D eigenvalue weighted by molar-refractivity contribution is 7.71. The normalized spacial score (nSPS) is 35.3. The average molecular weight is 210 g/mol. The second-order valence-electron chi connectivity index (χ2n) is 4.47. The topological polar surface area (TPSA) is 59.6 Å². The maximum absolute atomic E-state index is 5.84. The van der Waals surface area contributed by atoms with Gasteiger partial charge in [-0.1, -0.05) is 12.8 Å².